The largest absolute Gasteiger partial charge is 0.465 e. The molecule has 1 aromatic heterocycles. The topological polar surface area (TPSA) is 51.5 Å². The molecule has 1 aromatic rings. The molecule has 12 heavy (non-hydrogen) atoms. The van der Waals surface area contributed by atoms with E-state index in [1.807, 2.05) is 19.1 Å². The van der Waals surface area contributed by atoms with E-state index in [2.05, 4.69) is 10.9 Å². The Morgan fingerprint density at radius 1 is 1.67 bits per heavy atom. The first-order chi connectivity index (χ1) is 5.88. The molecule has 1 rings (SSSR count). The summed E-state index contributed by atoms with van der Waals surface area (Å²) < 4.78 is 5.13. The third-order valence-electron chi connectivity index (χ3n) is 1.34. The van der Waals surface area contributed by atoms with Crippen LogP contribution < -0.4 is 16.4 Å². The second-order valence-corrected chi connectivity index (χ2v) is 2.08. The van der Waals surface area contributed by atoms with Crippen LogP contribution in [0.2, 0.25) is 0 Å². The molecule has 0 radical (unpaired) electrons. The zero-order valence-electron chi connectivity index (χ0n) is 6.82. The van der Waals surface area contributed by atoms with E-state index in [1.54, 1.807) is 12.5 Å². The number of nitrogens with two attached hydrogens (primary N) is 1. The third-order valence-corrected chi connectivity index (χ3v) is 1.34. The first-order valence-corrected chi connectivity index (χ1v) is 3.57. The van der Waals surface area contributed by atoms with Crippen LogP contribution >= 0.6 is 0 Å². The molecule has 0 saturated heterocycles. The van der Waals surface area contributed by atoms with Gasteiger partial charge < -0.3 is 10.2 Å². The number of nitrogens with zero attached hydrogens (tertiary/aromatic N) is 1. The molecule has 0 unspecified atom stereocenters. The monoisotopic (exact) mass is 162 g/mol. The van der Waals surface area contributed by atoms with Crippen molar-refractivity contribution in [3.8, 4) is 0 Å². The smallest absolute Gasteiger partial charge is 0.131 e. The Bertz CT molecular complexity index is 408. The summed E-state index contributed by atoms with van der Waals surface area (Å²) in [5, 5.41) is 0.923. The van der Waals surface area contributed by atoms with Gasteiger partial charge in [-0.3, -0.25) is 0 Å². The molecule has 62 valence electrons. The van der Waals surface area contributed by atoms with E-state index in [0.29, 0.717) is 0 Å². The highest BCUT2D eigenvalue weighted by Gasteiger charge is 1.83. The van der Waals surface area contributed by atoms with Gasteiger partial charge in [0, 0.05) is 17.3 Å². The summed E-state index contributed by atoms with van der Waals surface area (Å²) in [6.07, 6.45) is 6.38. The van der Waals surface area contributed by atoms with Gasteiger partial charge in [-0.1, -0.05) is 0 Å². The SMILES string of the molecule is C/C=c1/occ/c1=C/N=C=CN. The highest BCUT2D eigenvalue weighted by molar-refractivity contribution is 5.54. The van der Waals surface area contributed by atoms with Gasteiger partial charge in [-0.05, 0) is 19.1 Å². The Morgan fingerprint density at radius 2 is 2.50 bits per heavy atom. The lowest BCUT2D eigenvalue weighted by molar-refractivity contribution is 0.530. The first kappa shape index (κ1) is 8.37. The van der Waals surface area contributed by atoms with E-state index in [9.17, 15) is 0 Å². The van der Waals surface area contributed by atoms with E-state index < -0.39 is 0 Å². The van der Waals surface area contributed by atoms with Crippen molar-refractivity contribution in [2.75, 3.05) is 0 Å². The molecule has 2 N–H and O–H groups in total. The Hall–Kier alpha value is -1.73. The fourth-order valence-corrected chi connectivity index (χ4v) is 0.822. The molecule has 0 aliphatic heterocycles. The van der Waals surface area contributed by atoms with Crippen molar-refractivity contribution < 1.29 is 4.42 Å². The van der Waals surface area contributed by atoms with Crippen LogP contribution in [-0.2, 0) is 0 Å². The normalized spacial score (nSPS) is 12.8. The molecular weight excluding hydrogens is 152 g/mol. The van der Waals surface area contributed by atoms with Crippen LogP contribution in [0, 0.1) is 0 Å². The first-order valence-electron chi connectivity index (χ1n) is 3.57. The molecule has 0 amide bonds. The number of rotatable bonds is 1. The summed E-state index contributed by atoms with van der Waals surface area (Å²) in [7, 11) is 0. The van der Waals surface area contributed by atoms with Crippen molar-refractivity contribution in [3.63, 3.8) is 0 Å². The average molecular weight is 162 g/mol. The summed E-state index contributed by atoms with van der Waals surface area (Å²) in [6, 6.07) is 1.83. The fourth-order valence-electron chi connectivity index (χ4n) is 0.822. The summed E-state index contributed by atoms with van der Waals surface area (Å²) in [5.41, 5.74) is 5.86. The molecule has 0 aromatic carbocycles. The van der Waals surface area contributed by atoms with Gasteiger partial charge >= 0.3 is 0 Å². The minimum atomic E-state index is 0.803. The maximum Gasteiger partial charge on any atom is 0.131 e. The van der Waals surface area contributed by atoms with Gasteiger partial charge in [-0.2, -0.15) is 0 Å². The van der Waals surface area contributed by atoms with E-state index in [4.69, 9.17) is 10.2 Å². The molecule has 0 saturated carbocycles. The van der Waals surface area contributed by atoms with Crippen molar-refractivity contribution in [1.29, 1.82) is 0 Å². The second kappa shape index (κ2) is 4.21. The lowest BCUT2D eigenvalue weighted by atomic mass is 10.4. The van der Waals surface area contributed by atoms with Crippen LogP contribution in [0.4, 0.5) is 0 Å². The van der Waals surface area contributed by atoms with Crippen LogP contribution in [0.25, 0.3) is 12.3 Å². The maximum atomic E-state index is 5.13. The van der Waals surface area contributed by atoms with Crippen molar-refractivity contribution in [1.82, 2.24) is 0 Å². The van der Waals surface area contributed by atoms with E-state index in [-0.39, 0.29) is 0 Å². The van der Waals surface area contributed by atoms with Gasteiger partial charge in [0.05, 0.1) is 12.5 Å². The average Bonchev–Trinajstić information content (AvgIpc) is 2.52. The van der Waals surface area contributed by atoms with Gasteiger partial charge in [-0.15, -0.1) is 0 Å². The number of furan rings is 1. The summed E-state index contributed by atoms with van der Waals surface area (Å²) in [6.45, 7) is 1.90. The lowest BCUT2D eigenvalue weighted by Crippen LogP contribution is -2.17. The molecule has 0 spiro atoms. The zero-order chi connectivity index (χ0) is 8.81. The highest BCUT2D eigenvalue weighted by atomic mass is 16.3. The maximum absolute atomic E-state index is 5.13. The van der Waals surface area contributed by atoms with Crippen molar-refractivity contribution in [3.05, 3.63) is 29.2 Å². The Morgan fingerprint density at radius 3 is 3.17 bits per heavy atom. The molecule has 3 heteroatoms. The van der Waals surface area contributed by atoms with Crippen LogP contribution in [0.5, 0.6) is 0 Å². The standard InChI is InChI=1S/C9H10N2O/c1-2-9-8(3-6-12-9)7-11-5-4-10/h2-4,6-7H,10H2,1H3/b8-7-,9-2+. The summed E-state index contributed by atoms with van der Waals surface area (Å²) >= 11 is 0. The molecule has 1 heterocycles. The van der Waals surface area contributed by atoms with E-state index >= 15 is 0 Å². The Balaban J connectivity index is 3.19. The molecule has 3 nitrogen and oxygen atoms in total. The van der Waals surface area contributed by atoms with Crippen molar-refractivity contribution >= 4 is 18.1 Å². The molecule has 0 aliphatic rings. The van der Waals surface area contributed by atoms with E-state index in [0.717, 1.165) is 10.6 Å². The number of hydrogen-bond acceptors (Lipinski definition) is 3. The quantitative estimate of drug-likeness (QED) is 0.589. The van der Waals surface area contributed by atoms with Gasteiger partial charge in [-0.25, -0.2) is 4.99 Å². The fraction of sp³-hybridized carbons (Fsp3) is 0.111. The molecule has 0 bridgehead atoms. The summed E-state index contributed by atoms with van der Waals surface area (Å²) in [4.78, 5) is 3.81. The third kappa shape index (κ3) is 1.87. The zero-order valence-corrected chi connectivity index (χ0v) is 6.82. The predicted molar refractivity (Wildman–Crippen MR) is 48.8 cm³/mol. The summed E-state index contributed by atoms with van der Waals surface area (Å²) in [5.74, 6) is 2.50. The minimum absolute atomic E-state index is 0.803. The van der Waals surface area contributed by atoms with Crippen LogP contribution in [0.3, 0.4) is 0 Å². The molecular formula is C9H10N2O. The lowest BCUT2D eigenvalue weighted by Gasteiger charge is -1.72. The Labute approximate surface area is 70.2 Å². The van der Waals surface area contributed by atoms with Gasteiger partial charge in [0.2, 0.25) is 0 Å². The number of aliphatic imine (C=N–C) groups is 1. The van der Waals surface area contributed by atoms with Gasteiger partial charge in [0.25, 0.3) is 0 Å². The molecule has 0 fully saturated rings. The van der Waals surface area contributed by atoms with Crippen molar-refractivity contribution in [2.45, 2.75) is 6.92 Å². The van der Waals surface area contributed by atoms with Crippen LogP contribution in [0.1, 0.15) is 6.92 Å². The van der Waals surface area contributed by atoms with Gasteiger partial charge in [0.15, 0.2) is 0 Å². The van der Waals surface area contributed by atoms with E-state index in [1.165, 1.54) is 6.20 Å². The van der Waals surface area contributed by atoms with Crippen molar-refractivity contribution in [2.24, 2.45) is 10.7 Å². The van der Waals surface area contributed by atoms with Crippen LogP contribution in [0.15, 0.2) is 27.9 Å². The highest BCUT2D eigenvalue weighted by Crippen LogP contribution is 1.71. The molecule has 0 atom stereocenters. The van der Waals surface area contributed by atoms with Gasteiger partial charge in [0.1, 0.15) is 5.42 Å². The predicted octanol–water partition coefficient (Wildman–Crippen LogP) is -0.0399. The minimum Gasteiger partial charge on any atom is -0.465 e. The molecule has 0 aliphatic carbocycles. The Kier molecular flexibility index (Phi) is 2.94. The van der Waals surface area contributed by atoms with Crippen LogP contribution in [-0.4, -0.2) is 5.87 Å². The number of hydrogen-bond donors (Lipinski definition) is 1. The second-order valence-electron chi connectivity index (χ2n) is 2.08.